The molecule has 0 bridgehead atoms. The first-order chi connectivity index (χ1) is 9.99. The lowest BCUT2D eigenvalue weighted by Gasteiger charge is -2.24. The van der Waals surface area contributed by atoms with Crippen molar-refractivity contribution in [2.24, 2.45) is 0 Å². The first-order valence-electron chi connectivity index (χ1n) is 6.81. The second kappa shape index (κ2) is 4.56. The van der Waals surface area contributed by atoms with E-state index in [0.29, 0.717) is 11.3 Å². The molecule has 20 heavy (non-hydrogen) atoms. The van der Waals surface area contributed by atoms with Gasteiger partial charge in [-0.2, -0.15) is 0 Å². The highest BCUT2D eigenvalue weighted by Crippen LogP contribution is 2.19. The first kappa shape index (κ1) is 11.3. The fourth-order valence-corrected chi connectivity index (χ4v) is 2.48. The SMILES string of the molecule is [2H]c1cccc2nc(C)n(C3CCC(=O)NC3=O)c(=O)c12. The van der Waals surface area contributed by atoms with E-state index in [-0.39, 0.29) is 30.2 Å². The van der Waals surface area contributed by atoms with Gasteiger partial charge in [0.15, 0.2) is 0 Å². The van der Waals surface area contributed by atoms with Gasteiger partial charge >= 0.3 is 0 Å². The molecule has 1 atom stereocenters. The van der Waals surface area contributed by atoms with E-state index in [1.165, 1.54) is 10.6 Å². The Morgan fingerprint density at radius 3 is 2.95 bits per heavy atom. The van der Waals surface area contributed by atoms with E-state index in [0.717, 1.165) is 0 Å². The molecule has 1 aliphatic heterocycles. The molecule has 1 fully saturated rings. The number of hydrogen-bond donors (Lipinski definition) is 1. The summed E-state index contributed by atoms with van der Waals surface area (Å²) in [6.45, 7) is 1.64. The molecule has 1 aromatic carbocycles. The second-order valence-corrected chi connectivity index (χ2v) is 4.73. The lowest BCUT2D eigenvalue weighted by molar-refractivity contribution is -0.135. The van der Waals surface area contributed by atoms with E-state index in [1.54, 1.807) is 19.1 Å². The Morgan fingerprint density at radius 1 is 1.40 bits per heavy atom. The Labute approximate surface area is 115 Å². The maximum Gasteiger partial charge on any atom is 0.262 e. The Kier molecular flexibility index (Phi) is 2.58. The van der Waals surface area contributed by atoms with Crippen LogP contribution in [0.5, 0.6) is 0 Å². The lowest BCUT2D eigenvalue weighted by Crippen LogP contribution is -2.45. The van der Waals surface area contributed by atoms with Crippen molar-refractivity contribution < 1.29 is 11.0 Å². The van der Waals surface area contributed by atoms with Crippen molar-refractivity contribution in [3.05, 3.63) is 40.4 Å². The molecule has 1 N–H and O–H groups in total. The Balaban J connectivity index is 2.24. The normalized spacial score (nSPS) is 19.9. The lowest BCUT2D eigenvalue weighted by atomic mass is 10.1. The van der Waals surface area contributed by atoms with E-state index in [4.69, 9.17) is 1.37 Å². The van der Waals surface area contributed by atoms with Crippen LogP contribution < -0.4 is 10.9 Å². The molecule has 3 rings (SSSR count). The number of carbonyl (C=O) groups is 2. The Hall–Kier alpha value is -2.50. The minimum absolute atomic E-state index is 0.0750. The summed E-state index contributed by atoms with van der Waals surface area (Å²) in [7, 11) is 0. The third-order valence-corrected chi connectivity index (χ3v) is 3.42. The molecule has 0 spiro atoms. The van der Waals surface area contributed by atoms with Gasteiger partial charge in [-0.15, -0.1) is 0 Å². The molecule has 0 saturated carbocycles. The van der Waals surface area contributed by atoms with Crippen LogP contribution in [-0.2, 0) is 9.59 Å². The molecule has 1 aliphatic rings. The quantitative estimate of drug-likeness (QED) is 0.774. The van der Waals surface area contributed by atoms with Gasteiger partial charge in [0.2, 0.25) is 11.8 Å². The maximum absolute atomic E-state index is 12.6. The second-order valence-electron chi connectivity index (χ2n) is 4.73. The molecule has 0 radical (unpaired) electrons. The summed E-state index contributed by atoms with van der Waals surface area (Å²) in [6.07, 6.45) is 0.446. The van der Waals surface area contributed by atoms with Gasteiger partial charge in [-0.1, -0.05) is 12.1 Å². The molecule has 2 aromatic rings. The van der Waals surface area contributed by atoms with Crippen LogP contribution in [0, 0.1) is 6.92 Å². The number of aromatic nitrogens is 2. The van der Waals surface area contributed by atoms with E-state index >= 15 is 0 Å². The first-order valence-corrected chi connectivity index (χ1v) is 6.31. The number of aryl methyl sites for hydroxylation is 1. The van der Waals surface area contributed by atoms with Gasteiger partial charge in [0.05, 0.1) is 12.3 Å². The molecule has 6 nitrogen and oxygen atoms in total. The van der Waals surface area contributed by atoms with Crippen molar-refractivity contribution in [3.63, 3.8) is 0 Å². The van der Waals surface area contributed by atoms with Gasteiger partial charge in [-0.05, 0) is 25.5 Å². The third-order valence-electron chi connectivity index (χ3n) is 3.42. The number of carbonyl (C=O) groups excluding carboxylic acids is 2. The summed E-state index contributed by atoms with van der Waals surface area (Å²) in [5, 5.41) is 2.42. The molecule has 1 aromatic heterocycles. The average molecular weight is 272 g/mol. The molecule has 1 saturated heterocycles. The number of nitrogens with zero attached hydrogens (tertiary/aromatic N) is 2. The van der Waals surface area contributed by atoms with Crippen LogP contribution in [-0.4, -0.2) is 21.4 Å². The Morgan fingerprint density at radius 2 is 2.20 bits per heavy atom. The fourth-order valence-electron chi connectivity index (χ4n) is 2.48. The molecule has 102 valence electrons. The molecular weight excluding hydrogens is 258 g/mol. The van der Waals surface area contributed by atoms with Gasteiger partial charge in [-0.25, -0.2) is 4.98 Å². The van der Waals surface area contributed by atoms with Crippen molar-refractivity contribution in [1.82, 2.24) is 14.9 Å². The van der Waals surface area contributed by atoms with Gasteiger partial charge in [0, 0.05) is 6.42 Å². The predicted octanol–water partition coefficient (Wildman–Crippen LogP) is 0.683. The van der Waals surface area contributed by atoms with Crippen LogP contribution in [0.25, 0.3) is 10.9 Å². The zero-order valence-electron chi connectivity index (χ0n) is 11.8. The third kappa shape index (κ3) is 1.89. The van der Waals surface area contributed by atoms with Crippen molar-refractivity contribution in [2.45, 2.75) is 25.8 Å². The topological polar surface area (TPSA) is 81.1 Å². The monoisotopic (exact) mass is 272 g/mol. The van der Waals surface area contributed by atoms with Crippen molar-refractivity contribution in [2.75, 3.05) is 0 Å². The summed E-state index contributed by atoms with van der Waals surface area (Å²) in [5.74, 6) is -0.440. The maximum atomic E-state index is 12.6. The van der Waals surface area contributed by atoms with E-state index in [2.05, 4.69) is 10.3 Å². The average Bonchev–Trinajstić information content (AvgIpc) is 2.40. The number of rotatable bonds is 1. The van der Waals surface area contributed by atoms with Crippen molar-refractivity contribution >= 4 is 22.7 Å². The molecule has 2 heterocycles. The summed E-state index contributed by atoms with van der Waals surface area (Å²) >= 11 is 0. The minimum Gasteiger partial charge on any atom is -0.295 e. The molecule has 1 unspecified atom stereocenters. The van der Waals surface area contributed by atoms with Crippen LogP contribution >= 0.6 is 0 Å². The molecular formula is C14H13N3O3. The number of hydrogen-bond acceptors (Lipinski definition) is 4. The zero-order chi connectivity index (χ0) is 15.1. The van der Waals surface area contributed by atoms with E-state index in [9.17, 15) is 14.4 Å². The summed E-state index contributed by atoms with van der Waals surface area (Å²) in [5.41, 5.74) is 0.0196. The van der Waals surface area contributed by atoms with Gasteiger partial charge in [0.1, 0.15) is 11.9 Å². The van der Waals surface area contributed by atoms with Crippen LogP contribution in [0.3, 0.4) is 0 Å². The van der Waals surface area contributed by atoms with Gasteiger partial charge < -0.3 is 0 Å². The van der Waals surface area contributed by atoms with Crippen LogP contribution in [0.2, 0.25) is 0 Å². The number of benzene rings is 1. The van der Waals surface area contributed by atoms with E-state index < -0.39 is 17.5 Å². The highest BCUT2D eigenvalue weighted by Gasteiger charge is 2.30. The number of fused-ring (bicyclic) bond motifs is 1. The van der Waals surface area contributed by atoms with Crippen LogP contribution in [0.1, 0.15) is 26.1 Å². The molecule has 6 heteroatoms. The summed E-state index contributed by atoms with van der Waals surface area (Å²) in [6, 6.07) is 4.15. The van der Waals surface area contributed by atoms with Crippen molar-refractivity contribution in [1.29, 1.82) is 0 Å². The Bertz CT molecular complexity index is 828. The highest BCUT2D eigenvalue weighted by atomic mass is 16.2. The van der Waals surface area contributed by atoms with Gasteiger partial charge in [-0.3, -0.25) is 24.3 Å². The fraction of sp³-hybridized carbons (Fsp3) is 0.286. The number of para-hydroxylation sites is 1. The zero-order valence-corrected chi connectivity index (χ0v) is 10.8. The molecule has 0 aliphatic carbocycles. The minimum atomic E-state index is -0.758. The smallest absolute Gasteiger partial charge is 0.262 e. The number of nitrogens with one attached hydrogen (secondary N) is 1. The number of amides is 2. The van der Waals surface area contributed by atoms with Crippen LogP contribution in [0.15, 0.2) is 29.0 Å². The largest absolute Gasteiger partial charge is 0.295 e. The highest BCUT2D eigenvalue weighted by molar-refractivity contribution is 5.99. The predicted molar refractivity (Wildman–Crippen MR) is 72.2 cm³/mol. The number of imide groups is 1. The molecule has 2 amide bonds. The summed E-state index contributed by atoms with van der Waals surface area (Å²) in [4.78, 5) is 40.1. The summed E-state index contributed by atoms with van der Waals surface area (Å²) < 4.78 is 9.14. The van der Waals surface area contributed by atoms with Gasteiger partial charge in [0.25, 0.3) is 5.56 Å². The van der Waals surface area contributed by atoms with Crippen LogP contribution in [0.4, 0.5) is 0 Å². The number of piperidine rings is 1. The van der Waals surface area contributed by atoms with Crippen molar-refractivity contribution in [3.8, 4) is 0 Å². The standard InChI is InChI=1S/C14H13N3O3/c1-8-15-10-5-3-2-4-9(10)14(20)17(8)11-6-7-12(18)16-13(11)19/h2-5,11H,6-7H2,1H3,(H,16,18,19)/i4D. The van der Waals surface area contributed by atoms with E-state index in [1.807, 2.05) is 0 Å².